The molecule has 3 atom stereocenters. The Morgan fingerprint density at radius 1 is 1.02 bits per heavy atom. The Labute approximate surface area is 246 Å². The molecule has 3 rings (SSSR count). The molecule has 13 nitrogen and oxygen atoms in total. The molecule has 42 heavy (non-hydrogen) atoms. The molecule has 1 aromatic carbocycles. The SMILES string of the molecule is CC(C)OC(=O)C(Cc1ccccc1)OP(=O)(COC(C)Cn1cnc2c(N)ncnc21)NC(C)(C)C(=O)OC(C)C. The molecule has 0 bridgehead atoms. The molecule has 2 aromatic heterocycles. The Kier molecular flexibility index (Phi) is 11.2. The number of aromatic nitrogens is 4. The molecule has 0 radical (unpaired) electrons. The maximum Gasteiger partial charge on any atom is 0.336 e. The van der Waals surface area contributed by atoms with Crippen LogP contribution >= 0.6 is 7.52 Å². The summed E-state index contributed by atoms with van der Waals surface area (Å²) in [6, 6.07) is 9.15. The summed E-state index contributed by atoms with van der Waals surface area (Å²) in [5.74, 6) is -1.07. The third-order valence-corrected chi connectivity index (χ3v) is 7.88. The number of fused-ring (bicyclic) bond motifs is 1. The van der Waals surface area contributed by atoms with Crippen LogP contribution in [0.25, 0.3) is 11.2 Å². The number of nitrogens with two attached hydrogens (primary N) is 1. The van der Waals surface area contributed by atoms with Crippen molar-refractivity contribution in [3.8, 4) is 0 Å². The van der Waals surface area contributed by atoms with E-state index >= 15 is 0 Å². The van der Waals surface area contributed by atoms with Gasteiger partial charge in [0, 0.05) is 6.42 Å². The van der Waals surface area contributed by atoms with E-state index < -0.39 is 55.8 Å². The molecule has 3 N–H and O–H groups in total. The van der Waals surface area contributed by atoms with E-state index in [1.807, 2.05) is 30.3 Å². The van der Waals surface area contributed by atoms with Gasteiger partial charge in [-0.1, -0.05) is 30.3 Å². The Hall–Kier alpha value is -3.38. The van der Waals surface area contributed by atoms with Crippen LogP contribution in [-0.2, 0) is 45.9 Å². The van der Waals surface area contributed by atoms with Gasteiger partial charge in [0.2, 0.25) is 0 Å². The van der Waals surface area contributed by atoms with Gasteiger partial charge in [-0.2, -0.15) is 0 Å². The molecule has 3 unspecified atom stereocenters. The lowest BCUT2D eigenvalue weighted by Gasteiger charge is -2.32. The molecule has 0 aliphatic rings. The van der Waals surface area contributed by atoms with Gasteiger partial charge in [-0.3, -0.25) is 9.36 Å². The maximum absolute atomic E-state index is 14.4. The van der Waals surface area contributed by atoms with Crippen molar-refractivity contribution in [1.82, 2.24) is 24.6 Å². The molecule has 0 spiro atoms. The van der Waals surface area contributed by atoms with Crippen LogP contribution in [0.2, 0.25) is 0 Å². The van der Waals surface area contributed by atoms with Crippen molar-refractivity contribution in [3.05, 3.63) is 48.5 Å². The highest BCUT2D eigenvalue weighted by Crippen LogP contribution is 2.47. The van der Waals surface area contributed by atoms with E-state index in [0.29, 0.717) is 11.2 Å². The van der Waals surface area contributed by atoms with E-state index in [4.69, 9.17) is 24.5 Å². The molecule has 3 aromatic rings. The number of hydrogen-bond donors (Lipinski definition) is 2. The standard InChI is InChI=1S/C28H41N6O7P/c1-18(2)39-26(35)22(13-21-11-9-8-10-12-21)41-42(37,33-28(6,7)27(36)40-19(3)4)17-38-20(5)14-34-16-32-23-24(29)30-15-31-25(23)34/h8-12,15-16,18-20,22H,13-14,17H2,1-7H3,(H,33,37)(H2,29,30,31). The lowest BCUT2D eigenvalue weighted by atomic mass is 10.1. The topological polar surface area (TPSA) is 170 Å². The fraction of sp³-hybridized carbons (Fsp3) is 0.536. The van der Waals surface area contributed by atoms with Crippen molar-refractivity contribution >= 4 is 36.4 Å². The minimum Gasteiger partial charge on any atom is -0.462 e. The molecule has 2 heterocycles. The van der Waals surface area contributed by atoms with Gasteiger partial charge in [-0.05, 0) is 54.0 Å². The monoisotopic (exact) mass is 604 g/mol. The van der Waals surface area contributed by atoms with Crippen LogP contribution in [0.5, 0.6) is 0 Å². The van der Waals surface area contributed by atoms with E-state index in [2.05, 4.69) is 20.0 Å². The Bertz CT molecular complexity index is 1400. The predicted molar refractivity (Wildman–Crippen MR) is 157 cm³/mol. The summed E-state index contributed by atoms with van der Waals surface area (Å²) in [6.07, 6.45) is -0.0577. The van der Waals surface area contributed by atoms with Crippen LogP contribution in [0.1, 0.15) is 54.0 Å². The normalized spacial score (nSPS) is 15.0. The molecule has 0 saturated carbocycles. The molecule has 0 fully saturated rings. The number of benzene rings is 1. The predicted octanol–water partition coefficient (Wildman–Crippen LogP) is 3.86. The molecule has 14 heteroatoms. The first-order chi connectivity index (χ1) is 19.7. The number of imidazole rings is 1. The second-order valence-electron chi connectivity index (χ2n) is 11.1. The lowest BCUT2D eigenvalue weighted by molar-refractivity contribution is -0.156. The highest BCUT2D eigenvalue weighted by molar-refractivity contribution is 7.56. The minimum absolute atomic E-state index is 0.0899. The van der Waals surface area contributed by atoms with Crippen molar-refractivity contribution in [3.63, 3.8) is 0 Å². The maximum atomic E-state index is 14.4. The summed E-state index contributed by atoms with van der Waals surface area (Å²) >= 11 is 0. The Morgan fingerprint density at radius 2 is 1.69 bits per heavy atom. The summed E-state index contributed by atoms with van der Waals surface area (Å²) in [5.41, 5.74) is 6.20. The molecule has 0 saturated heterocycles. The van der Waals surface area contributed by atoms with Crippen LogP contribution in [0.4, 0.5) is 5.82 Å². The third-order valence-electron chi connectivity index (χ3n) is 5.89. The number of anilines is 1. The van der Waals surface area contributed by atoms with E-state index in [9.17, 15) is 14.2 Å². The zero-order valence-electron chi connectivity index (χ0n) is 25.1. The first-order valence-electron chi connectivity index (χ1n) is 13.7. The Morgan fingerprint density at radius 3 is 2.33 bits per heavy atom. The highest BCUT2D eigenvalue weighted by atomic mass is 31.2. The van der Waals surface area contributed by atoms with E-state index in [1.54, 1.807) is 45.5 Å². The lowest BCUT2D eigenvalue weighted by Crippen LogP contribution is -2.48. The average Bonchev–Trinajstić information content (AvgIpc) is 3.30. The van der Waals surface area contributed by atoms with Crippen LogP contribution in [-0.4, -0.2) is 67.8 Å². The van der Waals surface area contributed by atoms with Crippen LogP contribution in [0, 0.1) is 0 Å². The number of carbonyl (C=O) groups is 2. The summed E-state index contributed by atoms with van der Waals surface area (Å²) < 4.78 is 39.0. The molecule has 0 aliphatic carbocycles. The van der Waals surface area contributed by atoms with Gasteiger partial charge in [-0.25, -0.2) is 24.8 Å². The molecular weight excluding hydrogens is 563 g/mol. The first-order valence-corrected chi connectivity index (χ1v) is 15.6. The zero-order valence-corrected chi connectivity index (χ0v) is 26.0. The average molecular weight is 605 g/mol. The number of nitrogens with zero attached hydrogens (tertiary/aromatic N) is 4. The second-order valence-corrected chi connectivity index (χ2v) is 13.1. The molecular formula is C28H41N6O7P. The van der Waals surface area contributed by atoms with Crippen LogP contribution in [0.3, 0.4) is 0 Å². The fourth-order valence-electron chi connectivity index (χ4n) is 4.01. The van der Waals surface area contributed by atoms with E-state index in [0.717, 1.165) is 5.56 Å². The van der Waals surface area contributed by atoms with E-state index in [1.165, 1.54) is 20.2 Å². The van der Waals surface area contributed by atoms with Gasteiger partial charge < -0.3 is 29.0 Å². The second kappa shape index (κ2) is 14.2. The van der Waals surface area contributed by atoms with Crippen LogP contribution in [0.15, 0.2) is 43.0 Å². The number of hydrogen-bond acceptors (Lipinski definition) is 11. The number of ether oxygens (including phenoxy) is 3. The fourth-order valence-corrected chi connectivity index (χ4v) is 6.16. The van der Waals surface area contributed by atoms with Gasteiger partial charge in [0.25, 0.3) is 7.52 Å². The van der Waals surface area contributed by atoms with Crippen LogP contribution < -0.4 is 10.8 Å². The largest absolute Gasteiger partial charge is 0.462 e. The van der Waals surface area contributed by atoms with Gasteiger partial charge in [-0.15, -0.1) is 0 Å². The van der Waals surface area contributed by atoms with Gasteiger partial charge in [0.05, 0.1) is 31.2 Å². The van der Waals surface area contributed by atoms with Crippen molar-refractivity contribution in [2.24, 2.45) is 0 Å². The molecule has 230 valence electrons. The molecule has 0 amide bonds. The minimum atomic E-state index is -4.07. The van der Waals surface area contributed by atoms with E-state index in [-0.39, 0.29) is 18.8 Å². The quantitative estimate of drug-likeness (QED) is 0.190. The van der Waals surface area contributed by atoms with Crippen molar-refractivity contribution < 1.29 is 32.9 Å². The number of nitrogens with one attached hydrogen (secondary N) is 1. The zero-order chi connectivity index (χ0) is 31.1. The van der Waals surface area contributed by atoms with Gasteiger partial charge >= 0.3 is 11.9 Å². The number of carbonyl (C=O) groups excluding carboxylic acids is 2. The number of esters is 2. The number of nitrogen functional groups attached to an aromatic ring is 1. The van der Waals surface area contributed by atoms with Gasteiger partial charge in [0.1, 0.15) is 23.7 Å². The summed E-state index contributed by atoms with van der Waals surface area (Å²) in [6.45, 7) is 12.0. The first kappa shape index (κ1) is 33.1. The van der Waals surface area contributed by atoms with Crippen molar-refractivity contribution in [2.45, 2.75) is 91.4 Å². The Balaban J connectivity index is 1.86. The molecule has 0 aliphatic heterocycles. The summed E-state index contributed by atoms with van der Waals surface area (Å²) in [5, 5.41) is 2.82. The summed E-state index contributed by atoms with van der Waals surface area (Å²) in [4.78, 5) is 38.4. The van der Waals surface area contributed by atoms with Crippen molar-refractivity contribution in [1.29, 1.82) is 0 Å². The smallest absolute Gasteiger partial charge is 0.336 e. The third kappa shape index (κ3) is 9.32. The van der Waals surface area contributed by atoms with Gasteiger partial charge in [0.15, 0.2) is 17.6 Å². The van der Waals surface area contributed by atoms with Crippen molar-refractivity contribution in [2.75, 3.05) is 12.1 Å². The highest BCUT2D eigenvalue weighted by Gasteiger charge is 2.42. The number of rotatable bonds is 15. The summed E-state index contributed by atoms with van der Waals surface area (Å²) in [7, 11) is -4.07.